The van der Waals surface area contributed by atoms with Gasteiger partial charge in [-0.05, 0) is 62.0 Å². The van der Waals surface area contributed by atoms with Crippen molar-refractivity contribution < 1.29 is 14.5 Å². The smallest absolute Gasteiger partial charge is 0.268 e. The van der Waals surface area contributed by atoms with Crippen LogP contribution in [0.25, 0.3) is 6.08 Å². The molecule has 0 aromatic heterocycles. The van der Waals surface area contributed by atoms with Crippen molar-refractivity contribution in [2.24, 2.45) is 0 Å². The van der Waals surface area contributed by atoms with Gasteiger partial charge < -0.3 is 0 Å². The molecular weight excluding hydrogens is 438 g/mol. The first-order chi connectivity index (χ1) is 15.8. The Morgan fingerprint density at radius 3 is 1.76 bits per heavy atom. The number of amides is 2. The fourth-order valence-corrected chi connectivity index (χ4v) is 3.84. The van der Waals surface area contributed by atoms with E-state index in [1.165, 1.54) is 34.1 Å². The summed E-state index contributed by atoms with van der Waals surface area (Å²) in [4.78, 5) is 40.2. The van der Waals surface area contributed by atoms with Crippen LogP contribution >= 0.6 is 12.2 Å². The van der Waals surface area contributed by atoms with Crippen LogP contribution in [0.3, 0.4) is 0 Å². The number of benzene rings is 3. The molecule has 33 heavy (non-hydrogen) atoms. The minimum Gasteiger partial charge on any atom is -0.268 e. The van der Waals surface area contributed by atoms with E-state index in [0.29, 0.717) is 16.9 Å². The van der Waals surface area contributed by atoms with Crippen LogP contribution in [0.4, 0.5) is 17.1 Å². The number of thiocarbonyl (C=S) groups is 1. The molecule has 3 aromatic carbocycles. The van der Waals surface area contributed by atoms with Crippen LogP contribution < -0.4 is 9.80 Å². The van der Waals surface area contributed by atoms with Gasteiger partial charge in [0.05, 0.1) is 16.3 Å². The zero-order valence-electron chi connectivity index (χ0n) is 17.9. The molecule has 0 N–H and O–H groups in total. The Morgan fingerprint density at radius 2 is 1.30 bits per heavy atom. The number of hydrogen-bond donors (Lipinski definition) is 0. The minimum absolute atomic E-state index is 0.0360. The molecule has 2 amide bonds. The molecule has 0 radical (unpaired) electrons. The predicted octanol–water partition coefficient (Wildman–Crippen LogP) is 4.96. The zero-order valence-corrected chi connectivity index (χ0v) is 18.7. The van der Waals surface area contributed by atoms with Gasteiger partial charge in [-0.15, -0.1) is 0 Å². The first-order valence-electron chi connectivity index (χ1n) is 10.1. The Kier molecular flexibility index (Phi) is 5.85. The average Bonchev–Trinajstić information content (AvgIpc) is 2.79. The molecular formula is C25H19N3O4S. The second-order valence-electron chi connectivity index (χ2n) is 7.64. The van der Waals surface area contributed by atoms with E-state index in [9.17, 15) is 19.7 Å². The van der Waals surface area contributed by atoms with E-state index in [4.69, 9.17) is 12.2 Å². The summed E-state index contributed by atoms with van der Waals surface area (Å²) < 4.78 is 0. The molecule has 8 heteroatoms. The lowest BCUT2D eigenvalue weighted by atomic mass is 10.0. The largest absolute Gasteiger partial charge is 0.270 e. The number of non-ortho nitro benzene ring substituents is 1. The lowest BCUT2D eigenvalue weighted by Crippen LogP contribution is -2.56. The van der Waals surface area contributed by atoms with Crippen LogP contribution in [0.5, 0.6) is 0 Å². The summed E-state index contributed by atoms with van der Waals surface area (Å²) in [6.45, 7) is 3.85. The molecule has 1 aliphatic rings. The second-order valence-corrected chi connectivity index (χ2v) is 8.01. The first kappa shape index (κ1) is 22.0. The summed E-state index contributed by atoms with van der Waals surface area (Å²) in [5.74, 6) is -1.19. The molecule has 1 fully saturated rings. The lowest BCUT2D eigenvalue weighted by molar-refractivity contribution is -0.384. The number of nitrogens with zero attached hydrogens (tertiary/aromatic N) is 3. The van der Waals surface area contributed by atoms with Crippen molar-refractivity contribution in [3.63, 3.8) is 0 Å². The zero-order chi connectivity index (χ0) is 23.7. The van der Waals surface area contributed by atoms with Gasteiger partial charge in [-0.1, -0.05) is 47.5 Å². The van der Waals surface area contributed by atoms with Gasteiger partial charge in [0.25, 0.3) is 17.5 Å². The Hall–Kier alpha value is -4.17. The maximum Gasteiger partial charge on any atom is 0.270 e. The summed E-state index contributed by atoms with van der Waals surface area (Å²) in [5, 5.41) is 11.2. The lowest BCUT2D eigenvalue weighted by Gasteiger charge is -2.36. The Bertz CT molecular complexity index is 1240. The number of nitro benzene ring substituents is 1. The van der Waals surface area contributed by atoms with Crippen LogP contribution in [0.1, 0.15) is 16.7 Å². The van der Waals surface area contributed by atoms with E-state index in [0.717, 1.165) is 11.1 Å². The maximum absolute atomic E-state index is 13.5. The highest BCUT2D eigenvalue weighted by Gasteiger charge is 2.41. The molecule has 0 atom stereocenters. The minimum atomic E-state index is -0.594. The number of nitro groups is 1. The molecule has 0 bridgehead atoms. The van der Waals surface area contributed by atoms with Gasteiger partial charge >= 0.3 is 0 Å². The highest BCUT2D eigenvalue weighted by atomic mass is 32.1. The quantitative estimate of drug-likeness (QED) is 0.182. The molecule has 1 saturated heterocycles. The molecule has 0 aliphatic carbocycles. The number of rotatable bonds is 4. The van der Waals surface area contributed by atoms with Crippen LogP contribution in [0.2, 0.25) is 0 Å². The van der Waals surface area contributed by atoms with Crippen molar-refractivity contribution in [3.8, 4) is 0 Å². The summed E-state index contributed by atoms with van der Waals surface area (Å²) in [5.41, 5.74) is 3.13. The Balaban J connectivity index is 1.87. The van der Waals surface area contributed by atoms with Crippen molar-refractivity contribution in [1.29, 1.82) is 0 Å². The average molecular weight is 458 g/mol. The Morgan fingerprint density at radius 1 is 0.818 bits per heavy atom. The molecule has 3 aromatic rings. The summed E-state index contributed by atoms with van der Waals surface area (Å²) >= 11 is 5.60. The van der Waals surface area contributed by atoms with E-state index in [1.54, 1.807) is 30.3 Å². The number of carbonyl (C=O) groups is 2. The first-order valence-corrected chi connectivity index (χ1v) is 10.5. The highest BCUT2D eigenvalue weighted by molar-refractivity contribution is 7.81. The summed E-state index contributed by atoms with van der Waals surface area (Å²) in [7, 11) is 0. The van der Waals surface area contributed by atoms with Crippen molar-refractivity contribution in [1.82, 2.24) is 0 Å². The maximum atomic E-state index is 13.5. The number of aryl methyl sites for hydroxylation is 2. The van der Waals surface area contributed by atoms with Crippen molar-refractivity contribution >= 4 is 52.3 Å². The molecule has 1 aliphatic heterocycles. The monoisotopic (exact) mass is 457 g/mol. The van der Waals surface area contributed by atoms with Gasteiger partial charge in [-0.3, -0.25) is 29.5 Å². The molecule has 164 valence electrons. The van der Waals surface area contributed by atoms with Crippen LogP contribution in [0, 0.1) is 24.0 Å². The van der Waals surface area contributed by atoms with Crippen LogP contribution in [-0.2, 0) is 9.59 Å². The van der Waals surface area contributed by atoms with Gasteiger partial charge in [-0.2, -0.15) is 0 Å². The molecule has 7 nitrogen and oxygen atoms in total. The third-order valence-corrected chi connectivity index (χ3v) is 5.59. The fourth-order valence-electron chi connectivity index (χ4n) is 3.47. The van der Waals surface area contributed by atoms with Crippen molar-refractivity contribution in [2.45, 2.75) is 13.8 Å². The van der Waals surface area contributed by atoms with Crippen LogP contribution in [0.15, 0.2) is 78.4 Å². The fraction of sp³-hybridized carbons (Fsp3) is 0.0800. The van der Waals surface area contributed by atoms with E-state index < -0.39 is 16.7 Å². The van der Waals surface area contributed by atoms with Gasteiger partial charge in [-0.25, -0.2) is 0 Å². The molecule has 0 unspecified atom stereocenters. The summed E-state index contributed by atoms with van der Waals surface area (Å²) in [6, 6.07) is 20.2. The highest BCUT2D eigenvalue weighted by Crippen LogP contribution is 2.30. The van der Waals surface area contributed by atoms with Gasteiger partial charge in [0.15, 0.2) is 5.11 Å². The normalized spacial score (nSPS) is 14.0. The molecule has 1 heterocycles. The molecule has 4 rings (SSSR count). The topological polar surface area (TPSA) is 83.8 Å². The predicted molar refractivity (Wildman–Crippen MR) is 131 cm³/mol. The van der Waals surface area contributed by atoms with Crippen LogP contribution in [-0.4, -0.2) is 21.9 Å². The molecule has 0 saturated carbocycles. The van der Waals surface area contributed by atoms with E-state index in [2.05, 4.69) is 0 Å². The van der Waals surface area contributed by atoms with Gasteiger partial charge in [0.1, 0.15) is 5.57 Å². The standard InChI is InChI=1S/C25H19N3O4S/c1-16-6-10-19(11-7-16)26-23(29)22(15-18-4-3-5-21(14-18)28(31)32)24(30)27(25(26)33)20-12-8-17(2)9-13-20/h3-15H,1-2H3. The van der Waals surface area contributed by atoms with E-state index >= 15 is 0 Å². The van der Waals surface area contributed by atoms with Crippen molar-refractivity contribution in [3.05, 3.63) is 105 Å². The van der Waals surface area contributed by atoms with E-state index in [1.807, 2.05) is 38.1 Å². The third-order valence-electron chi connectivity index (χ3n) is 5.23. The van der Waals surface area contributed by atoms with Gasteiger partial charge in [0.2, 0.25) is 0 Å². The van der Waals surface area contributed by atoms with Crippen molar-refractivity contribution in [2.75, 3.05) is 9.80 Å². The number of hydrogen-bond acceptors (Lipinski definition) is 5. The van der Waals surface area contributed by atoms with Gasteiger partial charge in [0, 0.05) is 12.1 Å². The SMILES string of the molecule is Cc1ccc(N2C(=O)C(=Cc3cccc([N+](=O)[O-])c3)C(=O)N(c3ccc(C)cc3)C2=S)cc1. The second kappa shape index (κ2) is 8.76. The number of anilines is 2. The number of carbonyl (C=O) groups excluding carboxylic acids is 2. The Labute approximate surface area is 195 Å². The molecule has 0 spiro atoms. The van der Waals surface area contributed by atoms with E-state index in [-0.39, 0.29) is 16.4 Å². The third kappa shape index (κ3) is 4.28. The summed E-state index contributed by atoms with van der Waals surface area (Å²) in [6.07, 6.45) is 1.36.